The van der Waals surface area contributed by atoms with E-state index < -0.39 is 10.9 Å². The van der Waals surface area contributed by atoms with Crippen molar-refractivity contribution in [3.8, 4) is 0 Å². The van der Waals surface area contributed by atoms with E-state index in [1.54, 1.807) is 0 Å². The monoisotopic (exact) mass is 331 g/mol. The molecule has 1 saturated carbocycles. The third-order valence-electron chi connectivity index (χ3n) is 3.73. The van der Waals surface area contributed by atoms with Gasteiger partial charge >= 0.3 is 5.97 Å². The maximum atomic E-state index is 12.2. The molecular weight excluding hydrogens is 317 g/mol. The van der Waals surface area contributed by atoms with E-state index in [-0.39, 0.29) is 33.3 Å². The molecule has 5 nitrogen and oxygen atoms in total. The molecule has 2 atom stereocenters. The van der Waals surface area contributed by atoms with Crippen LogP contribution in [0.4, 0.5) is 5.69 Å². The summed E-state index contributed by atoms with van der Waals surface area (Å²) >= 11 is 11.8. The Hall–Kier alpha value is -1.33. The predicted molar refractivity (Wildman–Crippen MR) is 80.0 cm³/mol. The van der Waals surface area contributed by atoms with Crippen LogP contribution in [0.3, 0.4) is 0 Å². The second-order valence-electron chi connectivity index (χ2n) is 5.25. The Kier molecular flexibility index (Phi) is 5.06. The smallest absolute Gasteiger partial charge is 0.340 e. The van der Waals surface area contributed by atoms with Crippen LogP contribution in [0.5, 0.6) is 0 Å². The molecule has 0 amide bonds. The number of carbonyl (C=O) groups excluding carboxylic acids is 1. The van der Waals surface area contributed by atoms with Crippen LogP contribution in [0.25, 0.3) is 0 Å². The molecule has 0 heterocycles. The fraction of sp³-hybridized carbons (Fsp3) is 0.500. The van der Waals surface area contributed by atoms with Crippen LogP contribution in [-0.4, -0.2) is 17.0 Å². The Morgan fingerprint density at radius 3 is 2.62 bits per heavy atom. The maximum absolute atomic E-state index is 12.2. The van der Waals surface area contributed by atoms with Gasteiger partial charge in [-0.15, -0.1) is 0 Å². The first-order chi connectivity index (χ1) is 9.90. The van der Waals surface area contributed by atoms with Gasteiger partial charge in [0, 0.05) is 12.1 Å². The summed E-state index contributed by atoms with van der Waals surface area (Å²) in [4.78, 5) is 22.4. The first-order valence-electron chi connectivity index (χ1n) is 6.74. The standard InChI is InChI=1S/C14H15Cl2NO4/c1-8-4-2-3-5-12(8)21-14(18)10-6-9(17(19)20)7-11(15)13(10)16/h6-8,12H,2-5H2,1H3. The van der Waals surface area contributed by atoms with Crippen LogP contribution in [0.1, 0.15) is 43.0 Å². The second-order valence-corrected chi connectivity index (χ2v) is 6.04. The van der Waals surface area contributed by atoms with Crippen LogP contribution in [0.2, 0.25) is 10.0 Å². The van der Waals surface area contributed by atoms with Gasteiger partial charge < -0.3 is 4.74 Å². The number of ether oxygens (including phenoxy) is 1. The number of carbonyl (C=O) groups is 1. The molecule has 1 aromatic rings. The van der Waals surface area contributed by atoms with E-state index in [1.165, 1.54) is 0 Å². The largest absolute Gasteiger partial charge is 0.458 e. The lowest BCUT2D eigenvalue weighted by Crippen LogP contribution is -2.28. The summed E-state index contributed by atoms with van der Waals surface area (Å²) in [5.74, 6) is -0.389. The van der Waals surface area contributed by atoms with Crippen LogP contribution in [0.15, 0.2) is 12.1 Å². The van der Waals surface area contributed by atoms with Crippen LogP contribution < -0.4 is 0 Å². The number of nitro groups is 1. The molecule has 7 heteroatoms. The molecule has 0 aromatic heterocycles. The molecule has 1 fully saturated rings. The summed E-state index contributed by atoms with van der Waals surface area (Å²) in [5, 5.41) is 10.8. The van der Waals surface area contributed by atoms with Gasteiger partial charge in [0.15, 0.2) is 0 Å². The van der Waals surface area contributed by atoms with Crippen molar-refractivity contribution in [2.24, 2.45) is 5.92 Å². The summed E-state index contributed by atoms with van der Waals surface area (Å²) in [5.41, 5.74) is -0.346. The molecule has 0 bridgehead atoms. The summed E-state index contributed by atoms with van der Waals surface area (Å²) < 4.78 is 5.46. The van der Waals surface area contributed by atoms with Crippen molar-refractivity contribution in [3.05, 3.63) is 37.9 Å². The molecule has 1 aliphatic carbocycles. The third kappa shape index (κ3) is 3.66. The van der Waals surface area contributed by atoms with E-state index >= 15 is 0 Å². The van der Waals surface area contributed by atoms with E-state index in [0.29, 0.717) is 0 Å². The summed E-state index contributed by atoms with van der Waals surface area (Å²) in [7, 11) is 0. The van der Waals surface area contributed by atoms with Gasteiger partial charge in [0.2, 0.25) is 0 Å². The van der Waals surface area contributed by atoms with Crippen molar-refractivity contribution in [2.75, 3.05) is 0 Å². The van der Waals surface area contributed by atoms with Crippen molar-refractivity contribution in [1.29, 1.82) is 0 Å². The lowest BCUT2D eigenvalue weighted by molar-refractivity contribution is -0.384. The average Bonchev–Trinajstić information content (AvgIpc) is 2.43. The van der Waals surface area contributed by atoms with Crippen LogP contribution >= 0.6 is 23.2 Å². The number of nitro benzene ring substituents is 1. The summed E-state index contributed by atoms with van der Waals surface area (Å²) in [6.45, 7) is 2.03. The predicted octanol–water partition coefficient (Wildman–Crippen LogP) is 4.64. The fourth-order valence-corrected chi connectivity index (χ4v) is 2.89. The highest BCUT2D eigenvalue weighted by Gasteiger charge is 2.27. The van der Waals surface area contributed by atoms with Gasteiger partial charge in [-0.1, -0.05) is 36.5 Å². The Morgan fingerprint density at radius 2 is 2.00 bits per heavy atom. The van der Waals surface area contributed by atoms with Crippen molar-refractivity contribution >= 4 is 34.9 Å². The van der Waals surface area contributed by atoms with Crippen LogP contribution in [0, 0.1) is 16.0 Å². The van der Waals surface area contributed by atoms with Gasteiger partial charge in [0.25, 0.3) is 5.69 Å². The summed E-state index contributed by atoms with van der Waals surface area (Å²) in [6, 6.07) is 2.22. The Labute approximate surface area is 132 Å². The zero-order valence-electron chi connectivity index (χ0n) is 11.5. The molecule has 1 aliphatic rings. The van der Waals surface area contributed by atoms with Gasteiger partial charge in [-0.3, -0.25) is 10.1 Å². The van der Waals surface area contributed by atoms with Crippen LogP contribution in [-0.2, 0) is 4.74 Å². The van der Waals surface area contributed by atoms with Crippen molar-refractivity contribution < 1.29 is 14.5 Å². The number of rotatable bonds is 3. The molecular formula is C14H15Cl2NO4. The van der Waals surface area contributed by atoms with E-state index in [1.807, 2.05) is 6.92 Å². The normalized spacial score (nSPS) is 21.9. The summed E-state index contributed by atoms with van der Waals surface area (Å²) in [6.07, 6.45) is 3.75. The van der Waals surface area contributed by atoms with Crippen molar-refractivity contribution in [3.63, 3.8) is 0 Å². The van der Waals surface area contributed by atoms with Crippen molar-refractivity contribution in [2.45, 2.75) is 38.7 Å². The molecule has 1 aromatic carbocycles. The molecule has 0 N–H and O–H groups in total. The quantitative estimate of drug-likeness (QED) is 0.459. The third-order valence-corrected chi connectivity index (χ3v) is 4.54. The minimum absolute atomic E-state index is 0.0178. The highest BCUT2D eigenvalue weighted by atomic mass is 35.5. The SMILES string of the molecule is CC1CCCCC1OC(=O)c1cc([N+](=O)[O-])cc(Cl)c1Cl. The Bertz CT molecular complexity index is 576. The van der Waals surface area contributed by atoms with Crippen molar-refractivity contribution in [1.82, 2.24) is 0 Å². The molecule has 2 unspecified atom stereocenters. The Morgan fingerprint density at radius 1 is 1.33 bits per heavy atom. The van der Waals surface area contributed by atoms with E-state index in [2.05, 4.69) is 0 Å². The molecule has 0 saturated heterocycles. The van der Waals surface area contributed by atoms with Gasteiger partial charge in [0.05, 0.1) is 20.5 Å². The molecule has 0 spiro atoms. The lowest BCUT2D eigenvalue weighted by atomic mass is 9.88. The van der Waals surface area contributed by atoms with Gasteiger partial charge in [-0.05, 0) is 25.2 Å². The van der Waals surface area contributed by atoms with Gasteiger partial charge in [0.1, 0.15) is 6.10 Å². The fourth-order valence-electron chi connectivity index (χ4n) is 2.49. The molecule has 2 rings (SSSR count). The van der Waals surface area contributed by atoms with Gasteiger partial charge in [-0.2, -0.15) is 0 Å². The first kappa shape index (κ1) is 16.0. The number of hydrogen-bond donors (Lipinski definition) is 0. The second kappa shape index (κ2) is 6.62. The minimum Gasteiger partial charge on any atom is -0.458 e. The molecule has 21 heavy (non-hydrogen) atoms. The maximum Gasteiger partial charge on any atom is 0.340 e. The number of nitrogens with zero attached hydrogens (tertiary/aromatic N) is 1. The number of esters is 1. The zero-order chi connectivity index (χ0) is 15.6. The highest BCUT2D eigenvalue weighted by Crippen LogP contribution is 2.33. The lowest BCUT2D eigenvalue weighted by Gasteiger charge is -2.28. The average molecular weight is 332 g/mol. The molecule has 0 radical (unpaired) electrons. The topological polar surface area (TPSA) is 69.4 Å². The number of halogens is 2. The van der Waals surface area contributed by atoms with E-state index in [0.717, 1.165) is 37.8 Å². The van der Waals surface area contributed by atoms with Gasteiger partial charge in [-0.25, -0.2) is 4.79 Å². The number of hydrogen-bond acceptors (Lipinski definition) is 4. The molecule has 0 aliphatic heterocycles. The Balaban J connectivity index is 2.24. The highest BCUT2D eigenvalue weighted by molar-refractivity contribution is 6.43. The number of benzene rings is 1. The van der Waals surface area contributed by atoms with E-state index in [9.17, 15) is 14.9 Å². The minimum atomic E-state index is -0.663. The number of non-ortho nitro benzene ring substituents is 1. The molecule has 114 valence electrons. The zero-order valence-corrected chi connectivity index (χ0v) is 13.0. The van der Waals surface area contributed by atoms with E-state index in [4.69, 9.17) is 27.9 Å². The first-order valence-corrected chi connectivity index (χ1v) is 7.50.